The highest BCUT2D eigenvalue weighted by atomic mass is 16.5. The molecule has 0 aromatic carbocycles. The zero-order valence-electron chi connectivity index (χ0n) is 18.4. The molecular formula is C23H27N7O2. The molecule has 32 heavy (non-hydrogen) atoms. The van der Waals surface area contributed by atoms with E-state index >= 15 is 0 Å². The van der Waals surface area contributed by atoms with Gasteiger partial charge in [0.25, 0.3) is 5.91 Å². The smallest absolute Gasteiger partial charge is 0.318 e. The summed E-state index contributed by atoms with van der Waals surface area (Å²) >= 11 is 0. The molecule has 4 rings (SSSR count). The van der Waals surface area contributed by atoms with Gasteiger partial charge >= 0.3 is 6.01 Å². The maximum atomic E-state index is 12.9. The minimum atomic E-state index is -0.193. The van der Waals surface area contributed by atoms with Gasteiger partial charge in [0.2, 0.25) is 0 Å². The molecule has 9 nitrogen and oxygen atoms in total. The second-order valence-electron chi connectivity index (χ2n) is 8.21. The van der Waals surface area contributed by atoms with Crippen molar-refractivity contribution in [2.45, 2.75) is 39.2 Å². The van der Waals surface area contributed by atoms with Gasteiger partial charge in [0.1, 0.15) is 17.5 Å². The van der Waals surface area contributed by atoms with Crippen molar-refractivity contribution in [3.8, 4) is 17.1 Å². The number of nitrogens with one attached hydrogen (secondary N) is 2. The highest BCUT2D eigenvalue weighted by molar-refractivity contribution is 5.99. The van der Waals surface area contributed by atoms with Crippen LogP contribution in [0.3, 0.4) is 0 Å². The van der Waals surface area contributed by atoms with E-state index in [0.29, 0.717) is 17.2 Å². The van der Waals surface area contributed by atoms with Crippen molar-refractivity contribution in [3.63, 3.8) is 0 Å². The van der Waals surface area contributed by atoms with E-state index < -0.39 is 0 Å². The van der Waals surface area contributed by atoms with Gasteiger partial charge in [-0.05, 0) is 54.5 Å². The minimum Gasteiger partial charge on any atom is -0.467 e. The molecule has 4 N–H and O–H groups in total. The van der Waals surface area contributed by atoms with Crippen LogP contribution in [0.15, 0.2) is 42.9 Å². The number of rotatable bonds is 7. The fraction of sp³-hybridized carbons (Fsp3) is 0.348. The predicted octanol–water partition coefficient (Wildman–Crippen LogP) is 3.58. The van der Waals surface area contributed by atoms with Gasteiger partial charge in [-0.3, -0.25) is 4.79 Å². The van der Waals surface area contributed by atoms with E-state index in [1.54, 1.807) is 30.7 Å². The summed E-state index contributed by atoms with van der Waals surface area (Å²) in [6.45, 7) is 4.36. The Labute approximate surface area is 186 Å². The number of hydrogen-bond acceptors (Lipinski definition) is 8. The second-order valence-corrected chi connectivity index (χ2v) is 8.21. The van der Waals surface area contributed by atoms with E-state index in [9.17, 15) is 4.79 Å². The molecule has 1 aliphatic carbocycles. The molecule has 3 aromatic rings. The van der Waals surface area contributed by atoms with E-state index in [0.717, 1.165) is 30.4 Å². The van der Waals surface area contributed by atoms with Crippen LogP contribution in [0.1, 0.15) is 43.5 Å². The number of pyridine rings is 2. The third-order valence-corrected chi connectivity index (χ3v) is 6.29. The quantitative estimate of drug-likeness (QED) is 0.516. The summed E-state index contributed by atoms with van der Waals surface area (Å²) in [6.07, 6.45) is 8.05. The van der Waals surface area contributed by atoms with Crippen molar-refractivity contribution < 1.29 is 9.53 Å². The lowest BCUT2D eigenvalue weighted by atomic mass is 9.64. The Bertz CT molecular complexity index is 1130. The van der Waals surface area contributed by atoms with Gasteiger partial charge in [-0.2, -0.15) is 4.98 Å². The average molecular weight is 434 g/mol. The summed E-state index contributed by atoms with van der Waals surface area (Å²) < 4.78 is 5.05. The van der Waals surface area contributed by atoms with E-state index in [-0.39, 0.29) is 29.2 Å². The van der Waals surface area contributed by atoms with E-state index in [1.165, 1.54) is 7.11 Å². The molecule has 3 aromatic heterocycles. The summed E-state index contributed by atoms with van der Waals surface area (Å²) in [5, 5.41) is 6.27. The van der Waals surface area contributed by atoms with Crippen LogP contribution < -0.4 is 21.1 Å². The number of ether oxygens (including phenoxy) is 1. The van der Waals surface area contributed by atoms with Crippen molar-refractivity contribution in [1.29, 1.82) is 0 Å². The molecule has 166 valence electrons. The average Bonchev–Trinajstić information content (AvgIpc) is 2.81. The van der Waals surface area contributed by atoms with Crippen LogP contribution in [-0.4, -0.2) is 39.0 Å². The number of anilines is 3. The molecule has 1 amide bonds. The third kappa shape index (κ3) is 4.32. The minimum absolute atomic E-state index is 0.144. The van der Waals surface area contributed by atoms with E-state index in [1.807, 2.05) is 12.1 Å². The summed E-state index contributed by atoms with van der Waals surface area (Å²) in [5.74, 6) is 1.15. The number of carbonyl (C=O) groups excluding carboxylic acids is 1. The lowest BCUT2D eigenvalue weighted by molar-refractivity contribution is 0.0630. The van der Waals surface area contributed by atoms with Crippen LogP contribution in [0, 0.1) is 5.41 Å². The summed E-state index contributed by atoms with van der Waals surface area (Å²) in [7, 11) is 1.51. The Morgan fingerprint density at radius 1 is 1.19 bits per heavy atom. The second kappa shape index (κ2) is 8.78. The molecule has 9 heteroatoms. The maximum Gasteiger partial charge on any atom is 0.318 e. The Balaban J connectivity index is 1.55. The van der Waals surface area contributed by atoms with Gasteiger partial charge in [0.15, 0.2) is 0 Å². The van der Waals surface area contributed by atoms with Gasteiger partial charge in [-0.25, -0.2) is 15.0 Å². The molecule has 1 saturated carbocycles. The van der Waals surface area contributed by atoms with Gasteiger partial charge in [-0.15, -0.1) is 0 Å². The number of amides is 1. The number of nitrogen functional groups attached to an aromatic ring is 1. The largest absolute Gasteiger partial charge is 0.467 e. The lowest BCUT2D eigenvalue weighted by Crippen LogP contribution is -2.53. The van der Waals surface area contributed by atoms with Crippen molar-refractivity contribution in [2.24, 2.45) is 5.41 Å². The maximum absolute atomic E-state index is 12.9. The van der Waals surface area contributed by atoms with Crippen molar-refractivity contribution in [2.75, 3.05) is 18.2 Å². The first kappa shape index (κ1) is 21.5. The third-order valence-electron chi connectivity index (χ3n) is 6.29. The topological polar surface area (TPSA) is 128 Å². The number of nitrogens with two attached hydrogens (primary N) is 1. The van der Waals surface area contributed by atoms with Crippen LogP contribution in [0.2, 0.25) is 0 Å². The van der Waals surface area contributed by atoms with Crippen LogP contribution in [0.4, 0.5) is 17.5 Å². The van der Waals surface area contributed by atoms with E-state index in [4.69, 9.17) is 10.5 Å². The number of nitrogens with zero attached hydrogens (tertiary/aromatic N) is 4. The number of methoxy groups -OCH3 is 1. The Hall–Kier alpha value is -3.75. The van der Waals surface area contributed by atoms with Crippen molar-refractivity contribution in [1.82, 2.24) is 25.3 Å². The normalized spacial score (nSPS) is 19.7. The molecule has 0 bridgehead atoms. The molecule has 0 saturated heterocycles. The molecule has 1 fully saturated rings. The molecule has 0 spiro atoms. The Morgan fingerprint density at radius 2 is 2.00 bits per heavy atom. The Morgan fingerprint density at radius 3 is 2.72 bits per heavy atom. The summed E-state index contributed by atoms with van der Waals surface area (Å²) in [5.41, 5.74) is 8.16. The SMILES string of the molecule is CCC1(C)CCC1NC(=O)c1cc(-c2ccnc(Nc3ccnc(OC)n3)c2)cnc1N. The zero-order chi connectivity index (χ0) is 22.7. The summed E-state index contributed by atoms with van der Waals surface area (Å²) in [6, 6.07) is 7.60. The number of aromatic nitrogens is 4. The van der Waals surface area contributed by atoms with Crippen molar-refractivity contribution in [3.05, 3.63) is 48.4 Å². The van der Waals surface area contributed by atoms with Crippen LogP contribution >= 0.6 is 0 Å². The number of carbonyl (C=O) groups is 1. The van der Waals surface area contributed by atoms with Crippen molar-refractivity contribution >= 4 is 23.4 Å². The first-order chi connectivity index (χ1) is 15.4. The van der Waals surface area contributed by atoms with Gasteiger partial charge in [0, 0.05) is 30.2 Å². The molecule has 3 heterocycles. The Kier molecular flexibility index (Phi) is 5.89. The first-order valence-corrected chi connectivity index (χ1v) is 10.6. The molecular weight excluding hydrogens is 406 g/mol. The van der Waals surface area contributed by atoms with Gasteiger partial charge in [-0.1, -0.05) is 13.8 Å². The molecule has 0 radical (unpaired) electrons. The summed E-state index contributed by atoms with van der Waals surface area (Å²) in [4.78, 5) is 29.8. The van der Waals surface area contributed by atoms with E-state index in [2.05, 4.69) is 44.4 Å². The fourth-order valence-corrected chi connectivity index (χ4v) is 3.82. The first-order valence-electron chi connectivity index (χ1n) is 10.6. The molecule has 1 aliphatic rings. The van der Waals surface area contributed by atoms with Crippen LogP contribution in [0.25, 0.3) is 11.1 Å². The standard InChI is InChI=1S/C23H27N7O2/c1-4-23(2)8-5-17(23)28-21(31)16-11-15(13-27-20(16)24)14-6-9-25-19(12-14)29-18-7-10-26-22(30-18)32-3/h6-7,9-13,17H,4-5,8H2,1-3H3,(H2,24,27)(H,28,31)(H,25,26,29,30). The van der Waals surface area contributed by atoms with Gasteiger partial charge in [0.05, 0.1) is 12.7 Å². The van der Waals surface area contributed by atoms with Crippen LogP contribution in [-0.2, 0) is 0 Å². The van der Waals surface area contributed by atoms with Gasteiger partial charge < -0.3 is 21.1 Å². The molecule has 2 unspecified atom stereocenters. The predicted molar refractivity (Wildman–Crippen MR) is 123 cm³/mol. The highest BCUT2D eigenvalue weighted by Crippen LogP contribution is 2.43. The molecule has 2 atom stereocenters. The fourth-order valence-electron chi connectivity index (χ4n) is 3.82. The monoisotopic (exact) mass is 433 g/mol. The van der Waals surface area contributed by atoms with Crippen LogP contribution in [0.5, 0.6) is 6.01 Å². The molecule has 0 aliphatic heterocycles. The zero-order valence-corrected chi connectivity index (χ0v) is 18.4. The number of hydrogen-bond donors (Lipinski definition) is 3. The lowest BCUT2D eigenvalue weighted by Gasteiger charge is -2.47. The highest BCUT2D eigenvalue weighted by Gasteiger charge is 2.42.